The van der Waals surface area contributed by atoms with Gasteiger partial charge < -0.3 is 10.1 Å². The highest BCUT2D eigenvalue weighted by Gasteiger charge is 2.18. The second-order valence-corrected chi connectivity index (χ2v) is 5.90. The molecule has 0 bridgehead atoms. The first-order valence-electron chi connectivity index (χ1n) is 6.84. The van der Waals surface area contributed by atoms with E-state index < -0.39 is 0 Å². The Morgan fingerprint density at radius 1 is 1.30 bits per heavy atom. The average molecular weight is 310 g/mol. The average Bonchev–Trinajstić information content (AvgIpc) is 2.92. The molecule has 0 aliphatic rings. The van der Waals surface area contributed by atoms with Gasteiger partial charge in [-0.2, -0.15) is 0 Å². The number of benzene rings is 1. The van der Waals surface area contributed by atoms with E-state index in [4.69, 9.17) is 16.3 Å². The lowest BCUT2D eigenvalue weighted by Gasteiger charge is -2.19. The lowest BCUT2D eigenvalue weighted by atomic mass is 10.0. The van der Waals surface area contributed by atoms with Crippen LogP contribution in [0.5, 0.6) is 5.75 Å². The zero-order valence-corrected chi connectivity index (χ0v) is 13.6. The molecule has 0 saturated heterocycles. The van der Waals surface area contributed by atoms with E-state index >= 15 is 0 Å². The number of methoxy groups -OCH3 is 1. The molecule has 2 nitrogen and oxygen atoms in total. The van der Waals surface area contributed by atoms with Gasteiger partial charge in [0, 0.05) is 4.88 Å². The van der Waals surface area contributed by atoms with Crippen LogP contribution in [-0.4, -0.2) is 13.7 Å². The molecule has 4 heteroatoms. The topological polar surface area (TPSA) is 21.3 Å². The molecule has 0 radical (unpaired) electrons. The van der Waals surface area contributed by atoms with Crippen molar-refractivity contribution in [2.75, 3.05) is 13.7 Å². The van der Waals surface area contributed by atoms with E-state index in [1.54, 1.807) is 18.4 Å². The quantitative estimate of drug-likeness (QED) is 0.837. The van der Waals surface area contributed by atoms with Gasteiger partial charge in [0.1, 0.15) is 5.75 Å². The fourth-order valence-corrected chi connectivity index (χ4v) is 3.69. The van der Waals surface area contributed by atoms with Gasteiger partial charge in [-0.05, 0) is 47.7 Å². The third-order valence-corrected chi connectivity index (χ3v) is 4.66. The molecular weight excluding hydrogens is 290 g/mol. The van der Waals surface area contributed by atoms with Gasteiger partial charge in [-0.15, -0.1) is 11.3 Å². The molecule has 2 rings (SSSR count). The lowest BCUT2D eigenvalue weighted by molar-refractivity contribution is 0.414. The Kier molecular flexibility index (Phi) is 5.46. The molecule has 0 aliphatic heterocycles. The second kappa shape index (κ2) is 7.11. The summed E-state index contributed by atoms with van der Waals surface area (Å²) in [5, 5.41) is 6.36. The highest BCUT2D eigenvalue weighted by Crippen LogP contribution is 2.34. The van der Waals surface area contributed by atoms with Crippen LogP contribution in [0.25, 0.3) is 0 Å². The maximum atomic E-state index is 6.26. The first kappa shape index (κ1) is 15.4. The Hall–Kier alpha value is -1.03. The summed E-state index contributed by atoms with van der Waals surface area (Å²) in [4.78, 5) is 1.37. The first-order chi connectivity index (χ1) is 9.71. The smallest absolute Gasteiger partial charge is 0.137 e. The van der Waals surface area contributed by atoms with E-state index in [-0.39, 0.29) is 6.04 Å². The molecule has 1 N–H and O–H groups in total. The van der Waals surface area contributed by atoms with Crippen LogP contribution in [0.3, 0.4) is 0 Å². The molecule has 1 atom stereocenters. The Morgan fingerprint density at radius 3 is 2.70 bits per heavy atom. The van der Waals surface area contributed by atoms with Crippen LogP contribution in [0.1, 0.15) is 35.9 Å². The van der Waals surface area contributed by atoms with Gasteiger partial charge in [0.25, 0.3) is 0 Å². The Balaban J connectivity index is 2.40. The largest absolute Gasteiger partial charge is 0.495 e. The molecule has 2 aromatic rings. The predicted molar refractivity (Wildman–Crippen MR) is 87.2 cm³/mol. The van der Waals surface area contributed by atoms with Gasteiger partial charge in [0.05, 0.1) is 18.2 Å². The summed E-state index contributed by atoms with van der Waals surface area (Å²) in [6.07, 6.45) is 1.05. The van der Waals surface area contributed by atoms with Crippen LogP contribution in [0.15, 0.2) is 29.6 Å². The van der Waals surface area contributed by atoms with Crippen LogP contribution in [0.4, 0.5) is 0 Å². The van der Waals surface area contributed by atoms with E-state index in [0.29, 0.717) is 10.8 Å². The molecule has 0 spiro atoms. The van der Waals surface area contributed by atoms with Gasteiger partial charge in [0.15, 0.2) is 0 Å². The number of hydrogen-bond donors (Lipinski definition) is 1. The predicted octanol–water partition coefficient (Wildman–Crippen LogP) is 4.67. The van der Waals surface area contributed by atoms with Gasteiger partial charge in [-0.25, -0.2) is 0 Å². The summed E-state index contributed by atoms with van der Waals surface area (Å²) in [6.45, 7) is 5.22. The summed E-state index contributed by atoms with van der Waals surface area (Å²) < 4.78 is 5.23. The minimum Gasteiger partial charge on any atom is -0.495 e. The Morgan fingerprint density at radius 2 is 2.10 bits per heavy atom. The Bertz CT molecular complexity index is 567. The van der Waals surface area contributed by atoms with Gasteiger partial charge in [0.2, 0.25) is 0 Å². The third kappa shape index (κ3) is 3.17. The van der Waals surface area contributed by atoms with Crippen molar-refractivity contribution in [2.45, 2.75) is 26.3 Å². The molecule has 0 fully saturated rings. The molecule has 1 aromatic carbocycles. The molecule has 20 heavy (non-hydrogen) atoms. The zero-order valence-electron chi connectivity index (χ0n) is 12.1. The monoisotopic (exact) mass is 309 g/mol. The molecule has 0 aliphatic carbocycles. The highest BCUT2D eigenvalue weighted by atomic mass is 35.5. The van der Waals surface area contributed by atoms with Crippen molar-refractivity contribution in [2.24, 2.45) is 0 Å². The van der Waals surface area contributed by atoms with Crippen LogP contribution in [0.2, 0.25) is 5.02 Å². The molecule has 0 amide bonds. The van der Waals surface area contributed by atoms with E-state index in [0.717, 1.165) is 13.0 Å². The number of nitrogens with one attached hydrogen (secondary N) is 1. The fraction of sp³-hybridized carbons (Fsp3) is 0.375. The number of ether oxygens (including phenoxy) is 1. The maximum Gasteiger partial charge on any atom is 0.137 e. The Labute approximate surface area is 129 Å². The number of hydrogen-bond acceptors (Lipinski definition) is 3. The molecular formula is C16H20ClNOS. The van der Waals surface area contributed by atoms with Crippen LogP contribution in [-0.2, 0) is 6.42 Å². The standard InChI is InChI=1S/C16H20ClNOS/c1-4-11-8-9-20-16(11)15(18-5-2)12-6-7-14(19-3)13(17)10-12/h6-10,15,18H,4-5H2,1-3H3. The number of halogens is 1. The van der Waals surface area contributed by atoms with Crippen LogP contribution in [0, 0.1) is 0 Å². The number of aryl methyl sites for hydroxylation is 1. The number of thiophene rings is 1. The third-order valence-electron chi connectivity index (χ3n) is 3.34. The van der Waals surface area contributed by atoms with E-state index in [1.165, 1.54) is 16.0 Å². The zero-order chi connectivity index (χ0) is 14.5. The van der Waals surface area contributed by atoms with Crippen molar-refractivity contribution < 1.29 is 4.74 Å². The van der Waals surface area contributed by atoms with Gasteiger partial charge in [-0.1, -0.05) is 31.5 Å². The van der Waals surface area contributed by atoms with Crippen molar-refractivity contribution >= 4 is 22.9 Å². The summed E-state index contributed by atoms with van der Waals surface area (Å²) >= 11 is 8.06. The normalized spacial score (nSPS) is 12.4. The minimum absolute atomic E-state index is 0.193. The van der Waals surface area contributed by atoms with E-state index in [2.05, 4.69) is 36.7 Å². The molecule has 0 saturated carbocycles. The van der Waals surface area contributed by atoms with Crippen LogP contribution < -0.4 is 10.1 Å². The lowest BCUT2D eigenvalue weighted by Crippen LogP contribution is -2.22. The fourth-order valence-electron chi connectivity index (χ4n) is 2.32. The van der Waals surface area contributed by atoms with Crippen molar-refractivity contribution in [1.82, 2.24) is 5.32 Å². The molecule has 108 valence electrons. The summed E-state index contributed by atoms with van der Waals surface area (Å²) in [5.74, 6) is 0.715. The van der Waals surface area contributed by atoms with E-state index in [1.807, 2.05) is 12.1 Å². The van der Waals surface area contributed by atoms with E-state index in [9.17, 15) is 0 Å². The highest BCUT2D eigenvalue weighted by molar-refractivity contribution is 7.10. The van der Waals surface area contributed by atoms with Crippen molar-refractivity contribution in [1.29, 1.82) is 0 Å². The van der Waals surface area contributed by atoms with Crippen molar-refractivity contribution in [3.63, 3.8) is 0 Å². The summed E-state index contributed by atoms with van der Waals surface area (Å²) in [5.41, 5.74) is 2.57. The van der Waals surface area contributed by atoms with Gasteiger partial charge >= 0.3 is 0 Å². The molecule has 1 unspecified atom stereocenters. The maximum absolute atomic E-state index is 6.26. The molecule has 1 heterocycles. The number of rotatable bonds is 6. The van der Waals surface area contributed by atoms with Crippen molar-refractivity contribution in [3.8, 4) is 5.75 Å². The second-order valence-electron chi connectivity index (χ2n) is 4.55. The summed E-state index contributed by atoms with van der Waals surface area (Å²) in [7, 11) is 1.64. The van der Waals surface area contributed by atoms with Crippen molar-refractivity contribution in [3.05, 3.63) is 50.7 Å². The molecule has 1 aromatic heterocycles. The first-order valence-corrected chi connectivity index (χ1v) is 8.10. The van der Waals surface area contributed by atoms with Crippen LogP contribution >= 0.6 is 22.9 Å². The minimum atomic E-state index is 0.193. The van der Waals surface area contributed by atoms with Gasteiger partial charge in [-0.3, -0.25) is 0 Å². The summed E-state index contributed by atoms with van der Waals surface area (Å²) in [6, 6.07) is 8.40. The SMILES string of the molecule is CCNC(c1ccc(OC)c(Cl)c1)c1sccc1CC.